The maximum atomic E-state index is 13.5. The number of rotatable bonds is 4. The normalized spacial score (nSPS) is 22.2. The molecule has 1 aromatic heterocycles. The molecule has 0 spiro atoms. The Kier molecular flexibility index (Phi) is 4.69. The number of nitrogens with zero attached hydrogens (tertiary/aromatic N) is 3. The minimum absolute atomic E-state index is 0.127. The summed E-state index contributed by atoms with van der Waals surface area (Å²) in [7, 11) is 0. The zero-order chi connectivity index (χ0) is 21.0. The molecule has 1 fully saturated rings. The van der Waals surface area contributed by atoms with Gasteiger partial charge in [-0.1, -0.05) is 23.7 Å². The maximum absolute atomic E-state index is 13.5. The van der Waals surface area contributed by atoms with Crippen LogP contribution < -0.4 is 21.3 Å². The van der Waals surface area contributed by atoms with Crippen LogP contribution >= 0.6 is 11.6 Å². The first kappa shape index (κ1) is 19.4. The van der Waals surface area contributed by atoms with E-state index in [0.717, 1.165) is 22.5 Å². The number of hydrogen-bond donors (Lipinski definition) is 3. The number of aromatic amines is 1. The van der Waals surface area contributed by atoms with E-state index >= 15 is 0 Å². The molecule has 2 unspecified atom stereocenters. The average molecular weight is 427 g/mol. The summed E-state index contributed by atoms with van der Waals surface area (Å²) in [6.07, 6.45) is 1.28. The van der Waals surface area contributed by atoms with Crippen molar-refractivity contribution in [1.82, 2.24) is 10.2 Å². The summed E-state index contributed by atoms with van der Waals surface area (Å²) in [5, 5.41) is 8.25. The number of anilines is 2. The highest BCUT2D eigenvalue weighted by atomic mass is 35.5. The minimum atomic E-state index is -0.566. The fourth-order valence-corrected chi connectivity index (χ4v) is 4.45. The van der Waals surface area contributed by atoms with Gasteiger partial charge in [0.15, 0.2) is 12.1 Å². The Morgan fingerprint density at radius 1 is 1.13 bits per heavy atom. The van der Waals surface area contributed by atoms with Crippen LogP contribution in [0.1, 0.15) is 54.7 Å². The van der Waals surface area contributed by atoms with Gasteiger partial charge in [0.2, 0.25) is 0 Å². The lowest BCUT2D eigenvalue weighted by atomic mass is 10.00. The fourth-order valence-electron chi connectivity index (χ4n) is 4.27. The Bertz CT molecular complexity index is 1060. The monoisotopic (exact) mass is 426 g/mol. The number of benzene rings is 2. The molecule has 2 aliphatic rings. The lowest BCUT2D eigenvalue weighted by Gasteiger charge is -2.49. The predicted molar refractivity (Wildman–Crippen MR) is 117 cm³/mol. The third-order valence-corrected chi connectivity index (χ3v) is 6.33. The first-order chi connectivity index (χ1) is 14.4. The maximum Gasteiger partial charge on any atom is 0.158 e. The smallest absolute Gasteiger partial charge is 0.158 e. The molecular formula is C22H24ClFN6. The average Bonchev–Trinajstić information content (AvgIpc) is 3.47. The van der Waals surface area contributed by atoms with Crippen molar-refractivity contribution in [3.63, 3.8) is 0 Å². The van der Waals surface area contributed by atoms with Gasteiger partial charge in [0.05, 0.1) is 6.04 Å². The van der Waals surface area contributed by atoms with Crippen molar-refractivity contribution >= 4 is 23.1 Å². The number of H-pyrrole nitrogens is 1. The van der Waals surface area contributed by atoms with E-state index in [2.05, 4.69) is 15.1 Å². The standard InChI is InChI=1S/C22H24ClFN6/c1-12(13-4-7-16(24)8-5-13)29-19-9-6-15(23)10-17(19)21(25)30(22(29)26)20-11-18(27-28-20)14-2-3-14/h4-12,14,21-22H,2-3,25-26H2,1H3,(H,27,28)/t12-,21?,22?/m0/s1. The Morgan fingerprint density at radius 2 is 1.87 bits per heavy atom. The summed E-state index contributed by atoms with van der Waals surface area (Å²) >= 11 is 6.30. The van der Waals surface area contributed by atoms with E-state index in [4.69, 9.17) is 23.1 Å². The van der Waals surface area contributed by atoms with E-state index in [1.807, 2.05) is 36.1 Å². The van der Waals surface area contributed by atoms with E-state index in [9.17, 15) is 4.39 Å². The molecule has 1 saturated carbocycles. The fraction of sp³-hybridized carbons (Fsp3) is 0.318. The Balaban J connectivity index is 1.59. The summed E-state index contributed by atoms with van der Waals surface area (Å²) in [6.45, 7) is 2.04. The highest BCUT2D eigenvalue weighted by Gasteiger charge is 2.39. The molecule has 30 heavy (non-hydrogen) atoms. The lowest BCUT2D eigenvalue weighted by molar-refractivity contribution is 0.445. The first-order valence-electron chi connectivity index (χ1n) is 10.1. The number of fused-ring (bicyclic) bond motifs is 1. The summed E-state index contributed by atoms with van der Waals surface area (Å²) in [6, 6.07) is 14.0. The van der Waals surface area contributed by atoms with Crippen LogP contribution in [0.4, 0.5) is 15.9 Å². The van der Waals surface area contributed by atoms with Crippen molar-refractivity contribution in [2.45, 2.75) is 44.2 Å². The molecule has 0 radical (unpaired) electrons. The van der Waals surface area contributed by atoms with Crippen molar-refractivity contribution in [3.8, 4) is 0 Å². The van der Waals surface area contributed by atoms with Crippen LogP contribution in [0.5, 0.6) is 0 Å². The molecule has 1 aliphatic heterocycles. The van der Waals surface area contributed by atoms with Crippen LogP contribution in [0.15, 0.2) is 48.5 Å². The SMILES string of the molecule is C[C@@H](c1ccc(F)cc1)N1c2ccc(Cl)cc2C(N)N(c2cc(C3CC3)[nH]n2)C1N. The highest BCUT2D eigenvalue weighted by molar-refractivity contribution is 6.30. The van der Waals surface area contributed by atoms with Gasteiger partial charge < -0.3 is 15.5 Å². The Labute approximate surface area is 179 Å². The van der Waals surface area contributed by atoms with Crippen molar-refractivity contribution in [2.75, 3.05) is 9.80 Å². The highest BCUT2D eigenvalue weighted by Crippen LogP contribution is 2.44. The van der Waals surface area contributed by atoms with Gasteiger partial charge >= 0.3 is 0 Å². The van der Waals surface area contributed by atoms with Crippen LogP contribution in [0.2, 0.25) is 5.02 Å². The number of hydrogen-bond acceptors (Lipinski definition) is 5. The second kappa shape index (κ2) is 7.27. The summed E-state index contributed by atoms with van der Waals surface area (Å²) in [5.74, 6) is 0.979. The van der Waals surface area contributed by atoms with Gasteiger partial charge in [0.1, 0.15) is 12.0 Å². The number of aromatic nitrogens is 2. The number of nitrogens with one attached hydrogen (secondary N) is 1. The van der Waals surface area contributed by atoms with Gasteiger partial charge in [-0.2, -0.15) is 5.10 Å². The number of nitrogens with two attached hydrogens (primary N) is 2. The molecule has 6 nitrogen and oxygen atoms in total. The molecule has 5 N–H and O–H groups in total. The van der Waals surface area contributed by atoms with Crippen LogP contribution in [-0.4, -0.2) is 16.5 Å². The molecule has 0 amide bonds. The van der Waals surface area contributed by atoms with Gasteiger partial charge in [-0.15, -0.1) is 0 Å². The van der Waals surface area contributed by atoms with Gasteiger partial charge in [-0.25, -0.2) is 4.39 Å². The van der Waals surface area contributed by atoms with Crippen molar-refractivity contribution in [3.05, 3.63) is 76.2 Å². The van der Waals surface area contributed by atoms with Gasteiger partial charge in [-0.3, -0.25) is 10.8 Å². The summed E-state index contributed by atoms with van der Waals surface area (Å²) in [5.41, 5.74) is 17.3. The number of halogens is 2. The summed E-state index contributed by atoms with van der Waals surface area (Å²) in [4.78, 5) is 3.98. The zero-order valence-corrected chi connectivity index (χ0v) is 17.4. The second-order valence-electron chi connectivity index (χ2n) is 8.06. The van der Waals surface area contributed by atoms with E-state index in [0.29, 0.717) is 16.8 Å². The molecule has 2 aromatic carbocycles. The van der Waals surface area contributed by atoms with Crippen molar-refractivity contribution < 1.29 is 4.39 Å². The van der Waals surface area contributed by atoms with Crippen molar-refractivity contribution in [2.24, 2.45) is 11.5 Å². The van der Waals surface area contributed by atoms with Crippen molar-refractivity contribution in [1.29, 1.82) is 0 Å². The molecule has 5 rings (SSSR count). The molecule has 1 aliphatic carbocycles. The largest absolute Gasteiger partial charge is 0.332 e. The van der Waals surface area contributed by atoms with E-state index in [1.54, 1.807) is 12.1 Å². The van der Waals surface area contributed by atoms with E-state index in [-0.39, 0.29) is 11.9 Å². The molecule has 0 bridgehead atoms. The zero-order valence-electron chi connectivity index (χ0n) is 16.6. The van der Waals surface area contributed by atoms with Crippen LogP contribution in [0.25, 0.3) is 0 Å². The molecule has 2 heterocycles. The Hall–Kier alpha value is -2.61. The van der Waals surface area contributed by atoms with E-state index in [1.165, 1.54) is 25.0 Å². The van der Waals surface area contributed by atoms with Crippen LogP contribution in [-0.2, 0) is 0 Å². The molecule has 3 aromatic rings. The van der Waals surface area contributed by atoms with Gasteiger partial charge in [0.25, 0.3) is 0 Å². The summed E-state index contributed by atoms with van der Waals surface area (Å²) < 4.78 is 13.5. The molecule has 3 atom stereocenters. The Morgan fingerprint density at radius 3 is 2.57 bits per heavy atom. The first-order valence-corrected chi connectivity index (χ1v) is 10.5. The quantitative estimate of drug-likeness (QED) is 0.576. The lowest BCUT2D eigenvalue weighted by Crippen LogP contribution is -2.61. The van der Waals surface area contributed by atoms with Crippen LogP contribution in [0.3, 0.4) is 0 Å². The van der Waals surface area contributed by atoms with E-state index < -0.39 is 12.5 Å². The molecule has 0 saturated heterocycles. The minimum Gasteiger partial charge on any atom is -0.332 e. The molecule has 156 valence electrons. The third kappa shape index (κ3) is 3.23. The molecular weight excluding hydrogens is 403 g/mol. The van der Waals surface area contributed by atoms with Gasteiger partial charge in [-0.05, 0) is 55.7 Å². The third-order valence-electron chi connectivity index (χ3n) is 6.09. The molecule has 8 heteroatoms. The topological polar surface area (TPSA) is 87.2 Å². The second-order valence-corrected chi connectivity index (χ2v) is 8.50. The predicted octanol–water partition coefficient (Wildman–Crippen LogP) is 4.37. The van der Waals surface area contributed by atoms with Crippen LogP contribution in [0, 0.1) is 5.82 Å². The van der Waals surface area contributed by atoms with Gasteiger partial charge in [0, 0.05) is 34.0 Å².